The lowest BCUT2D eigenvalue weighted by Gasteiger charge is -2.58. The molecule has 0 amide bonds. The molecule has 0 aromatic carbocycles. The van der Waals surface area contributed by atoms with Crippen LogP contribution in [0.3, 0.4) is 0 Å². The molecule has 0 aromatic heterocycles. The zero-order chi connectivity index (χ0) is 38.8. The minimum absolute atomic E-state index is 0.0407. The number of unbranched alkanes of at least 4 members (excludes halogenated alkanes) is 5. The second-order valence-corrected chi connectivity index (χ2v) is 19.1. The SMILES string of the molecule is CC/C=C\C/C=C\C/C=C\C/C=C\C/C=C\CCCCCCCC(=O)OC1CCC2(C)C(=CCC3C2CCC2(C)C(C(C)CCC(C)C(C)C)CCC32)C1. The predicted molar refractivity (Wildman–Crippen MR) is 234 cm³/mol. The molecule has 0 aromatic rings. The van der Waals surface area contributed by atoms with E-state index < -0.39 is 0 Å². The number of hydrogen-bond donors (Lipinski definition) is 0. The Morgan fingerprint density at radius 2 is 1.37 bits per heavy atom. The van der Waals surface area contributed by atoms with Crippen LogP contribution in [-0.2, 0) is 9.53 Å². The van der Waals surface area contributed by atoms with Gasteiger partial charge in [0.15, 0.2) is 0 Å². The van der Waals surface area contributed by atoms with Crippen LogP contribution in [-0.4, -0.2) is 12.1 Å². The largest absolute Gasteiger partial charge is 0.462 e. The van der Waals surface area contributed by atoms with E-state index in [2.05, 4.69) is 115 Å². The maximum absolute atomic E-state index is 12.9. The van der Waals surface area contributed by atoms with E-state index in [-0.39, 0.29) is 12.1 Å². The van der Waals surface area contributed by atoms with Crippen molar-refractivity contribution >= 4 is 5.97 Å². The Balaban J connectivity index is 1.06. The monoisotopic (exact) mass is 741 g/mol. The number of hydrogen-bond acceptors (Lipinski definition) is 2. The van der Waals surface area contributed by atoms with Crippen molar-refractivity contribution in [1.82, 2.24) is 0 Å². The molecule has 3 fully saturated rings. The van der Waals surface area contributed by atoms with Crippen LogP contribution in [0.4, 0.5) is 0 Å². The second kappa shape index (κ2) is 23.2. The van der Waals surface area contributed by atoms with Gasteiger partial charge in [-0.1, -0.05) is 153 Å². The van der Waals surface area contributed by atoms with Gasteiger partial charge in [0, 0.05) is 12.8 Å². The Morgan fingerprint density at radius 3 is 2.04 bits per heavy atom. The summed E-state index contributed by atoms with van der Waals surface area (Å²) in [7, 11) is 0. The highest BCUT2D eigenvalue weighted by Crippen LogP contribution is 2.67. The van der Waals surface area contributed by atoms with Crippen LogP contribution >= 0.6 is 0 Å². The third-order valence-corrected chi connectivity index (χ3v) is 15.2. The maximum Gasteiger partial charge on any atom is 0.306 e. The van der Waals surface area contributed by atoms with E-state index in [4.69, 9.17) is 4.74 Å². The highest BCUT2D eigenvalue weighted by molar-refractivity contribution is 5.69. The second-order valence-electron chi connectivity index (χ2n) is 19.1. The number of esters is 1. The number of fused-ring (bicyclic) bond motifs is 5. The van der Waals surface area contributed by atoms with Crippen LogP contribution in [0.1, 0.15) is 190 Å². The molecule has 4 aliphatic carbocycles. The van der Waals surface area contributed by atoms with Crippen molar-refractivity contribution in [3.63, 3.8) is 0 Å². The van der Waals surface area contributed by atoms with Gasteiger partial charge in [-0.25, -0.2) is 0 Å². The number of allylic oxidation sites excluding steroid dienone is 11. The van der Waals surface area contributed by atoms with Crippen LogP contribution in [0.15, 0.2) is 72.4 Å². The zero-order valence-electron chi connectivity index (χ0n) is 36.3. The Bertz CT molecular complexity index is 1280. The van der Waals surface area contributed by atoms with E-state index in [1.54, 1.807) is 5.57 Å². The third-order valence-electron chi connectivity index (χ3n) is 15.2. The van der Waals surface area contributed by atoms with E-state index in [1.807, 2.05) is 0 Å². The van der Waals surface area contributed by atoms with Gasteiger partial charge in [0.2, 0.25) is 0 Å². The lowest BCUT2D eigenvalue weighted by Crippen LogP contribution is -2.51. The zero-order valence-corrected chi connectivity index (χ0v) is 36.3. The van der Waals surface area contributed by atoms with Gasteiger partial charge in [-0.05, 0) is 149 Å². The van der Waals surface area contributed by atoms with E-state index in [1.165, 1.54) is 70.6 Å². The molecule has 0 heterocycles. The molecule has 0 bridgehead atoms. The highest BCUT2D eigenvalue weighted by atomic mass is 16.5. The summed E-state index contributed by atoms with van der Waals surface area (Å²) in [5.74, 6) is 6.02. The fourth-order valence-electron chi connectivity index (χ4n) is 11.4. The third kappa shape index (κ3) is 13.0. The van der Waals surface area contributed by atoms with Gasteiger partial charge in [0.25, 0.3) is 0 Å². The summed E-state index contributed by atoms with van der Waals surface area (Å²) in [6.45, 7) is 17.3. The average Bonchev–Trinajstić information content (AvgIpc) is 3.51. The summed E-state index contributed by atoms with van der Waals surface area (Å²) in [4.78, 5) is 12.9. The van der Waals surface area contributed by atoms with E-state index in [9.17, 15) is 4.79 Å². The summed E-state index contributed by atoms with van der Waals surface area (Å²) in [6.07, 6.45) is 51.2. The normalized spacial score (nSPS) is 31.1. The molecule has 0 aliphatic heterocycles. The first-order valence-electron chi connectivity index (χ1n) is 23.2. The smallest absolute Gasteiger partial charge is 0.306 e. The fourth-order valence-corrected chi connectivity index (χ4v) is 11.4. The molecule has 304 valence electrons. The summed E-state index contributed by atoms with van der Waals surface area (Å²) < 4.78 is 6.14. The highest BCUT2D eigenvalue weighted by Gasteiger charge is 2.59. The number of rotatable bonds is 23. The molecule has 0 radical (unpaired) electrons. The van der Waals surface area contributed by atoms with E-state index in [0.717, 1.165) is 106 Å². The first-order valence-corrected chi connectivity index (χ1v) is 23.2. The quantitative estimate of drug-likeness (QED) is 0.0592. The lowest BCUT2D eigenvalue weighted by atomic mass is 9.47. The molecule has 9 atom stereocenters. The van der Waals surface area contributed by atoms with Crippen LogP contribution < -0.4 is 0 Å². The molecule has 0 spiro atoms. The van der Waals surface area contributed by atoms with Crippen LogP contribution in [0.2, 0.25) is 0 Å². The summed E-state index contributed by atoms with van der Waals surface area (Å²) in [5, 5.41) is 0. The van der Waals surface area contributed by atoms with Crippen molar-refractivity contribution in [3.8, 4) is 0 Å². The molecule has 0 saturated heterocycles. The van der Waals surface area contributed by atoms with E-state index >= 15 is 0 Å². The first-order chi connectivity index (χ1) is 26.1. The molecule has 2 heteroatoms. The predicted octanol–water partition coefficient (Wildman–Crippen LogP) is 15.7. The van der Waals surface area contributed by atoms with Gasteiger partial charge in [-0.2, -0.15) is 0 Å². The molecular formula is C52H84O2. The van der Waals surface area contributed by atoms with Crippen molar-refractivity contribution < 1.29 is 9.53 Å². The Hall–Kier alpha value is -2.09. The number of carbonyl (C=O) groups excluding carboxylic acids is 1. The standard InChI is InChI=1S/C52H84O2/c1-8-9-10-11-12-13-14-15-16-17-18-19-20-21-22-23-24-25-26-27-28-29-50(53)54-45-36-38-51(6)44(40-45)32-33-46-48-35-34-47(52(48,7)39-37-49(46)51)43(5)31-30-42(4)41(2)3/h9-10,12-13,15-16,18-19,21-22,32,41-43,45-49H,8,11,14,17,20,23-31,33-40H2,1-7H3/b10-9-,13-12-,16-15-,19-18-,22-21-. The van der Waals surface area contributed by atoms with Crippen molar-refractivity contribution in [2.45, 2.75) is 196 Å². The van der Waals surface area contributed by atoms with Crippen LogP contribution in [0, 0.1) is 52.3 Å². The summed E-state index contributed by atoms with van der Waals surface area (Å²) >= 11 is 0. The Morgan fingerprint density at radius 1 is 0.741 bits per heavy atom. The molecule has 54 heavy (non-hydrogen) atoms. The summed E-state index contributed by atoms with van der Waals surface area (Å²) in [6, 6.07) is 0. The topological polar surface area (TPSA) is 26.3 Å². The Kier molecular flexibility index (Phi) is 19.2. The summed E-state index contributed by atoms with van der Waals surface area (Å²) in [5.41, 5.74) is 2.48. The molecule has 4 aliphatic rings. The maximum atomic E-state index is 12.9. The van der Waals surface area contributed by atoms with Crippen molar-refractivity contribution in [2.24, 2.45) is 52.3 Å². The van der Waals surface area contributed by atoms with E-state index in [0.29, 0.717) is 17.3 Å². The van der Waals surface area contributed by atoms with Gasteiger partial charge in [-0.3, -0.25) is 4.79 Å². The molecule has 4 rings (SSSR count). The van der Waals surface area contributed by atoms with Gasteiger partial charge in [0.1, 0.15) is 6.10 Å². The molecule has 0 N–H and O–H groups in total. The van der Waals surface area contributed by atoms with Crippen LogP contribution in [0.5, 0.6) is 0 Å². The van der Waals surface area contributed by atoms with Gasteiger partial charge in [0.05, 0.1) is 0 Å². The minimum atomic E-state index is 0.0407. The molecule has 9 unspecified atom stereocenters. The molecule has 3 saturated carbocycles. The number of ether oxygens (including phenoxy) is 1. The Labute approximate surface area is 334 Å². The van der Waals surface area contributed by atoms with Crippen molar-refractivity contribution in [3.05, 3.63) is 72.4 Å². The molecular weight excluding hydrogens is 657 g/mol. The van der Waals surface area contributed by atoms with Crippen LogP contribution in [0.25, 0.3) is 0 Å². The fraction of sp³-hybridized carbons (Fsp3) is 0.750. The first kappa shape index (κ1) is 44.6. The average molecular weight is 741 g/mol. The number of carbonyl (C=O) groups is 1. The minimum Gasteiger partial charge on any atom is -0.462 e. The van der Waals surface area contributed by atoms with Gasteiger partial charge in [-0.15, -0.1) is 0 Å². The van der Waals surface area contributed by atoms with Gasteiger partial charge >= 0.3 is 5.97 Å². The molecule has 2 nitrogen and oxygen atoms in total. The van der Waals surface area contributed by atoms with Crippen molar-refractivity contribution in [1.29, 1.82) is 0 Å². The van der Waals surface area contributed by atoms with Gasteiger partial charge < -0.3 is 4.74 Å². The van der Waals surface area contributed by atoms with Crippen molar-refractivity contribution in [2.75, 3.05) is 0 Å². The lowest BCUT2D eigenvalue weighted by molar-refractivity contribution is -0.151.